The Morgan fingerprint density at radius 3 is 2.19 bits per heavy atom. The lowest BCUT2D eigenvalue weighted by atomic mass is 9.86. The fraction of sp³-hybridized carbons (Fsp3) is 0.652. The third kappa shape index (κ3) is 4.91. The van der Waals surface area contributed by atoms with E-state index in [1.165, 1.54) is 24.8 Å². The summed E-state index contributed by atoms with van der Waals surface area (Å²) in [7, 11) is 0. The van der Waals surface area contributed by atoms with Crippen molar-refractivity contribution in [1.29, 1.82) is 0 Å². The molecule has 1 N–H and O–H groups in total. The van der Waals surface area contributed by atoms with Crippen LogP contribution in [0.15, 0.2) is 24.3 Å². The molecule has 0 unspecified atom stereocenters. The summed E-state index contributed by atoms with van der Waals surface area (Å²) in [5.74, 6) is 1.41. The van der Waals surface area contributed by atoms with Crippen molar-refractivity contribution in [2.24, 2.45) is 11.8 Å². The van der Waals surface area contributed by atoms with Gasteiger partial charge in [0, 0.05) is 30.6 Å². The van der Waals surface area contributed by atoms with Crippen LogP contribution in [0.4, 0.5) is 0 Å². The normalized spacial score (nSPS) is 21.9. The molecular formula is C23H32N2O2. The fourth-order valence-corrected chi connectivity index (χ4v) is 4.59. The molecule has 2 amide bonds. The molecule has 0 aromatic heterocycles. The first-order chi connectivity index (χ1) is 13.2. The lowest BCUT2D eigenvalue weighted by molar-refractivity contribution is -0.138. The molecule has 146 valence electrons. The molecule has 3 fully saturated rings. The van der Waals surface area contributed by atoms with Gasteiger partial charge in [-0.2, -0.15) is 0 Å². The van der Waals surface area contributed by atoms with E-state index in [1.807, 2.05) is 12.1 Å². The average Bonchev–Trinajstić information content (AvgIpc) is 3.53. The highest BCUT2D eigenvalue weighted by Gasteiger charge is 2.29. The molecule has 0 atom stereocenters. The molecule has 1 aliphatic heterocycles. The minimum atomic E-state index is 0.0542. The van der Waals surface area contributed by atoms with E-state index >= 15 is 0 Å². The van der Waals surface area contributed by atoms with Crippen molar-refractivity contribution >= 4 is 11.8 Å². The van der Waals surface area contributed by atoms with Gasteiger partial charge in [0.25, 0.3) is 5.91 Å². The molecule has 0 spiro atoms. The Balaban J connectivity index is 1.24. The number of piperidine rings is 1. The predicted molar refractivity (Wildman–Crippen MR) is 107 cm³/mol. The first kappa shape index (κ1) is 18.5. The minimum Gasteiger partial charge on any atom is -0.349 e. The summed E-state index contributed by atoms with van der Waals surface area (Å²) in [6, 6.07) is 8.51. The number of amides is 2. The monoisotopic (exact) mass is 368 g/mol. The second-order valence-electron chi connectivity index (χ2n) is 8.75. The van der Waals surface area contributed by atoms with Crippen molar-refractivity contribution in [2.45, 2.75) is 70.3 Å². The Hall–Kier alpha value is -1.84. The van der Waals surface area contributed by atoms with Crippen LogP contribution in [0.2, 0.25) is 0 Å². The number of nitrogens with zero attached hydrogens (tertiary/aromatic N) is 1. The Kier molecular flexibility index (Phi) is 5.80. The van der Waals surface area contributed by atoms with Crippen LogP contribution in [0, 0.1) is 11.8 Å². The van der Waals surface area contributed by atoms with E-state index < -0.39 is 0 Å². The molecule has 1 aromatic carbocycles. The third-order valence-electron chi connectivity index (χ3n) is 6.53. The zero-order valence-corrected chi connectivity index (χ0v) is 16.3. The van der Waals surface area contributed by atoms with Gasteiger partial charge in [0.15, 0.2) is 0 Å². The highest BCUT2D eigenvalue weighted by Crippen LogP contribution is 2.28. The van der Waals surface area contributed by atoms with Crippen LogP contribution >= 0.6 is 0 Å². The molecule has 4 heteroatoms. The predicted octanol–water partition coefficient (Wildman–Crippen LogP) is 3.94. The lowest BCUT2D eigenvalue weighted by Crippen LogP contribution is -2.42. The smallest absolute Gasteiger partial charge is 0.251 e. The second-order valence-corrected chi connectivity index (χ2v) is 8.75. The van der Waals surface area contributed by atoms with Gasteiger partial charge in [0.2, 0.25) is 5.91 Å². The third-order valence-corrected chi connectivity index (χ3v) is 6.53. The van der Waals surface area contributed by atoms with Crippen molar-refractivity contribution in [3.8, 4) is 0 Å². The first-order valence-electron chi connectivity index (χ1n) is 10.9. The molecule has 0 radical (unpaired) electrons. The number of rotatable bonds is 5. The Morgan fingerprint density at radius 2 is 1.56 bits per heavy atom. The fourth-order valence-electron chi connectivity index (χ4n) is 4.59. The highest BCUT2D eigenvalue weighted by molar-refractivity contribution is 5.94. The first-order valence-corrected chi connectivity index (χ1v) is 10.9. The van der Waals surface area contributed by atoms with Gasteiger partial charge in [-0.3, -0.25) is 9.59 Å². The van der Waals surface area contributed by atoms with Crippen molar-refractivity contribution in [3.63, 3.8) is 0 Å². The van der Waals surface area contributed by atoms with Crippen LogP contribution in [0.1, 0.15) is 73.7 Å². The molecule has 1 saturated heterocycles. The SMILES string of the molecule is O=C(NC1CC1)c1ccc(CC2CCN(C(=O)C3CCCCC3)CC2)cc1. The van der Waals surface area contributed by atoms with Crippen molar-refractivity contribution in [3.05, 3.63) is 35.4 Å². The molecule has 1 heterocycles. The van der Waals surface area contributed by atoms with E-state index in [0.29, 0.717) is 23.8 Å². The lowest BCUT2D eigenvalue weighted by Gasteiger charge is -2.35. The van der Waals surface area contributed by atoms with Crippen LogP contribution in [-0.2, 0) is 11.2 Å². The largest absolute Gasteiger partial charge is 0.349 e. The van der Waals surface area contributed by atoms with Crippen molar-refractivity contribution in [1.82, 2.24) is 10.2 Å². The molecule has 0 bridgehead atoms. The van der Waals surface area contributed by atoms with Crippen LogP contribution in [0.25, 0.3) is 0 Å². The van der Waals surface area contributed by atoms with Gasteiger partial charge >= 0.3 is 0 Å². The number of benzene rings is 1. The van der Waals surface area contributed by atoms with Crippen molar-refractivity contribution in [2.75, 3.05) is 13.1 Å². The van der Waals surface area contributed by atoms with Gasteiger partial charge in [-0.1, -0.05) is 31.4 Å². The van der Waals surface area contributed by atoms with E-state index in [4.69, 9.17) is 0 Å². The maximum Gasteiger partial charge on any atom is 0.251 e. The Morgan fingerprint density at radius 1 is 0.889 bits per heavy atom. The number of hydrogen-bond donors (Lipinski definition) is 1. The van der Waals surface area contributed by atoms with Gasteiger partial charge in [-0.05, 0) is 68.6 Å². The zero-order chi connectivity index (χ0) is 18.6. The minimum absolute atomic E-state index is 0.0542. The number of nitrogens with one attached hydrogen (secondary N) is 1. The number of carbonyl (C=O) groups is 2. The van der Waals surface area contributed by atoms with Gasteiger partial charge in [0.05, 0.1) is 0 Å². The molecule has 2 saturated carbocycles. The number of hydrogen-bond acceptors (Lipinski definition) is 2. The molecule has 2 aliphatic carbocycles. The van der Waals surface area contributed by atoms with E-state index in [9.17, 15) is 9.59 Å². The summed E-state index contributed by atoms with van der Waals surface area (Å²) >= 11 is 0. The van der Waals surface area contributed by atoms with Crippen LogP contribution in [0.3, 0.4) is 0 Å². The van der Waals surface area contributed by atoms with Crippen LogP contribution in [0.5, 0.6) is 0 Å². The molecule has 1 aromatic rings. The van der Waals surface area contributed by atoms with E-state index in [2.05, 4.69) is 22.3 Å². The molecule has 3 aliphatic rings. The standard InChI is InChI=1S/C23H32N2O2/c26-22(24-21-10-11-21)19-8-6-17(7-9-19)16-18-12-14-25(15-13-18)23(27)20-4-2-1-3-5-20/h6-9,18,20-21H,1-5,10-16H2,(H,24,26). The quantitative estimate of drug-likeness (QED) is 0.856. The van der Waals surface area contributed by atoms with E-state index in [0.717, 1.165) is 63.6 Å². The van der Waals surface area contributed by atoms with Crippen LogP contribution in [-0.4, -0.2) is 35.8 Å². The number of carbonyl (C=O) groups excluding carboxylic acids is 2. The van der Waals surface area contributed by atoms with E-state index in [-0.39, 0.29) is 5.91 Å². The number of likely N-dealkylation sites (tertiary alicyclic amines) is 1. The van der Waals surface area contributed by atoms with Gasteiger partial charge in [0.1, 0.15) is 0 Å². The summed E-state index contributed by atoms with van der Waals surface area (Å²) in [4.78, 5) is 26.9. The Labute approximate surface area is 162 Å². The highest BCUT2D eigenvalue weighted by atomic mass is 16.2. The topological polar surface area (TPSA) is 49.4 Å². The van der Waals surface area contributed by atoms with Gasteiger partial charge < -0.3 is 10.2 Å². The van der Waals surface area contributed by atoms with Crippen molar-refractivity contribution < 1.29 is 9.59 Å². The maximum atomic E-state index is 12.7. The summed E-state index contributed by atoms with van der Waals surface area (Å²) < 4.78 is 0. The van der Waals surface area contributed by atoms with Gasteiger partial charge in [-0.25, -0.2) is 0 Å². The van der Waals surface area contributed by atoms with Crippen LogP contribution < -0.4 is 5.32 Å². The zero-order valence-electron chi connectivity index (χ0n) is 16.3. The van der Waals surface area contributed by atoms with E-state index in [1.54, 1.807) is 0 Å². The molecular weight excluding hydrogens is 336 g/mol. The summed E-state index contributed by atoms with van der Waals surface area (Å²) in [6.45, 7) is 1.84. The molecule has 4 nitrogen and oxygen atoms in total. The Bertz CT molecular complexity index is 651. The second kappa shape index (κ2) is 8.45. The summed E-state index contributed by atoms with van der Waals surface area (Å²) in [5, 5.41) is 3.04. The maximum absolute atomic E-state index is 12.7. The van der Waals surface area contributed by atoms with Gasteiger partial charge in [-0.15, -0.1) is 0 Å². The molecule has 27 heavy (non-hydrogen) atoms. The summed E-state index contributed by atoms with van der Waals surface area (Å²) in [6.07, 6.45) is 11.4. The molecule has 4 rings (SSSR count). The summed E-state index contributed by atoms with van der Waals surface area (Å²) in [5.41, 5.74) is 2.06. The average molecular weight is 369 g/mol.